The standard InChI is InChI=1S/C22H32N2/c1-3-5-7-19-10-12-21(13-11-19)18-24(15-4-2)16-14-20-8-6-9-22(23)17-20/h6,8-13,17H,3-5,7,14-16,18,23H2,1-2H3. The van der Waals surface area contributed by atoms with Crippen molar-refractivity contribution >= 4 is 5.69 Å². The minimum atomic E-state index is 0.859. The third-order valence-electron chi connectivity index (χ3n) is 4.46. The fourth-order valence-electron chi connectivity index (χ4n) is 3.07. The van der Waals surface area contributed by atoms with E-state index in [1.807, 2.05) is 12.1 Å². The van der Waals surface area contributed by atoms with Crippen LogP contribution in [0.25, 0.3) is 0 Å². The van der Waals surface area contributed by atoms with Gasteiger partial charge in [-0.3, -0.25) is 4.90 Å². The van der Waals surface area contributed by atoms with Crippen molar-refractivity contribution < 1.29 is 0 Å². The topological polar surface area (TPSA) is 29.3 Å². The first-order chi connectivity index (χ1) is 11.7. The monoisotopic (exact) mass is 324 g/mol. The van der Waals surface area contributed by atoms with Crippen molar-refractivity contribution in [3.05, 3.63) is 65.2 Å². The number of anilines is 1. The van der Waals surface area contributed by atoms with Gasteiger partial charge in [-0.05, 0) is 61.1 Å². The highest BCUT2D eigenvalue weighted by atomic mass is 15.1. The summed E-state index contributed by atoms with van der Waals surface area (Å²) in [7, 11) is 0. The second-order valence-electron chi connectivity index (χ2n) is 6.69. The van der Waals surface area contributed by atoms with Crippen LogP contribution in [0, 0.1) is 0 Å². The molecular formula is C22H32N2. The number of nitrogen functional groups attached to an aromatic ring is 1. The van der Waals surface area contributed by atoms with Gasteiger partial charge >= 0.3 is 0 Å². The fraction of sp³-hybridized carbons (Fsp3) is 0.455. The van der Waals surface area contributed by atoms with E-state index in [0.717, 1.165) is 31.7 Å². The molecule has 2 aromatic carbocycles. The van der Waals surface area contributed by atoms with E-state index < -0.39 is 0 Å². The summed E-state index contributed by atoms with van der Waals surface area (Å²) >= 11 is 0. The highest BCUT2D eigenvalue weighted by Gasteiger charge is 2.06. The Bertz CT molecular complexity index is 589. The number of nitrogens with zero attached hydrogens (tertiary/aromatic N) is 1. The molecule has 0 bridgehead atoms. The molecule has 2 N–H and O–H groups in total. The van der Waals surface area contributed by atoms with Gasteiger partial charge < -0.3 is 5.73 Å². The third kappa shape index (κ3) is 6.37. The molecule has 2 heteroatoms. The molecule has 2 rings (SSSR count). The summed E-state index contributed by atoms with van der Waals surface area (Å²) in [5.74, 6) is 0. The van der Waals surface area contributed by atoms with Crippen molar-refractivity contribution in [1.29, 1.82) is 0 Å². The van der Waals surface area contributed by atoms with Crippen LogP contribution >= 0.6 is 0 Å². The summed E-state index contributed by atoms with van der Waals surface area (Å²) in [5.41, 5.74) is 10.9. The maximum absolute atomic E-state index is 5.88. The second kappa shape index (κ2) is 10.1. The minimum Gasteiger partial charge on any atom is -0.399 e. The van der Waals surface area contributed by atoms with Gasteiger partial charge in [0.05, 0.1) is 0 Å². The maximum atomic E-state index is 5.88. The van der Waals surface area contributed by atoms with Crippen molar-refractivity contribution in [2.24, 2.45) is 0 Å². The summed E-state index contributed by atoms with van der Waals surface area (Å²) in [5, 5.41) is 0. The van der Waals surface area contributed by atoms with Crippen LogP contribution in [0.4, 0.5) is 5.69 Å². The van der Waals surface area contributed by atoms with E-state index in [1.165, 1.54) is 42.4 Å². The minimum absolute atomic E-state index is 0.859. The van der Waals surface area contributed by atoms with Gasteiger partial charge in [0.1, 0.15) is 0 Å². The molecule has 0 atom stereocenters. The Labute approximate surface area is 147 Å². The average molecular weight is 325 g/mol. The molecule has 2 aromatic rings. The molecule has 0 aliphatic heterocycles. The first-order valence-electron chi connectivity index (χ1n) is 9.35. The number of rotatable bonds is 10. The molecule has 0 spiro atoms. The van der Waals surface area contributed by atoms with Crippen molar-refractivity contribution in [3.63, 3.8) is 0 Å². The Morgan fingerprint density at radius 1 is 0.792 bits per heavy atom. The molecule has 0 amide bonds. The Morgan fingerprint density at radius 2 is 1.54 bits per heavy atom. The first-order valence-corrected chi connectivity index (χ1v) is 9.35. The summed E-state index contributed by atoms with van der Waals surface area (Å²) < 4.78 is 0. The van der Waals surface area contributed by atoms with Gasteiger partial charge in [0.25, 0.3) is 0 Å². The Morgan fingerprint density at radius 3 is 2.21 bits per heavy atom. The Kier molecular flexibility index (Phi) is 7.84. The summed E-state index contributed by atoms with van der Waals surface area (Å²) in [6, 6.07) is 17.5. The van der Waals surface area contributed by atoms with E-state index in [4.69, 9.17) is 5.73 Å². The van der Waals surface area contributed by atoms with E-state index >= 15 is 0 Å². The number of benzene rings is 2. The van der Waals surface area contributed by atoms with E-state index in [9.17, 15) is 0 Å². The van der Waals surface area contributed by atoms with Crippen LogP contribution in [-0.2, 0) is 19.4 Å². The molecule has 0 saturated carbocycles. The van der Waals surface area contributed by atoms with Gasteiger partial charge in [-0.1, -0.05) is 56.7 Å². The smallest absolute Gasteiger partial charge is 0.0316 e. The number of unbranched alkanes of at least 4 members (excludes halogenated alkanes) is 1. The average Bonchev–Trinajstić information content (AvgIpc) is 2.59. The number of hydrogen-bond donors (Lipinski definition) is 1. The van der Waals surface area contributed by atoms with Crippen molar-refractivity contribution in [1.82, 2.24) is 4.90 Å². The molecule has 0 saturated heterocycles. The van der Waals surface area contributed by atoms with Crippen LogP contribution in [0.1, 0.15) is 49.8 Å². The van der Waals surface area contributed by atoms with Gasteiger partial charge in [0.2, 0.25) is 0 Å². The zero-order valence-electron chi connectivity index (χ0n) is 15.3. The largest absolute Gasteiger partial charge is 0.399 e. The third-order valence-corrected chi connectivity index (χ3v) is 4.46. The summed E-state index contributed by atoms with van der Waals surface area (Å²) in [6.45, 7) is 7.75. The Balaban J connectivity index is 1.90. The van der Waals surface area contributed by atoms with Crippen LogP contribution in [0.5, 0.6) is 0 Å². The number of nitrogens with two attached hydrogens (primary N) is 1. The van der Waals surface area contributed by atoms with Gasteiger partial charge in [0.15, 0.2) is 0 Å². The lowest BCUT2D eigenvalue weighted by Gasteiger charge is -2.22. The van der Waals surface area contributed by atoms with E-state index in [-0.39, 0.29) is 0 Å². The molecule has 0 aliphatic rings. The zero-order chi connectivity index (χ0) is 17.2. The Hall–Kier alpha value is -1.80. The van der Waals surface area contributed by atoms with E-state index in [0.29, 0.717) is 0 Å². The molecule has 0 radical (unpaired) electrons. The van der Waals surface area contributed by atoms with Crippen LogP contribution in [-0.4, -0.2) is 18.0 Å². The molecule has 24 heavy (non-hydrogen) atoms. The first kappa shape index (κ1) is 18.5. The lowest BCUT2D eigenvalue weighted by molar-refractivity contribution is 0.269. The predicted molar refractivity (Wildman–Crippen MR) is 105 cm³/mol. The SMILES string of the molecule is CCCCc1ccc(CN(CCC)CCc2cccc(N)c2)cc1. The molecule has 0 heterocycles. The zero-order valence-corrected chi connectivity index (χ0v) is 15.3. The van der Waals surface area contributed by atoms with Crippen LogP contribution in [0.2, 0.25) is 0 Å². The van der Waals surface area contributed by atoms with E-state index in [1.54, 1.807) is 0 Å². The quantitative estimate of drug-likeness (QED) is 0.619. The van der Waals surface area contributed by atoms with E-state index in [2.05, 4.69) is 55.1 Å². The number of aryl methyl sites for hydroxylation is 1. The number of hydrogen-bond acceptors (Lipinski definition) is 2. The highest BCUT2D eigenvalue weighted by Crippen LogP contribution is 2.12. The molecule has 0 aliphatic carbocycles. The van der Waals surface area contributed by atoms with Gasteiger partial charge in [0, 0.05) is 18.8 Å². The van der Waals surface area contributed by atoms with Crippen LogP contribution < -0.4 is 5.73 Å². The molecular weight excluding hydrogens is 292 g/mol. The van der Waals surface area contributed by atoms with Gasteiger partial charge in [-0.25, -0.2) is 0 Å². The normalized spacial score (nSPS) is 11.1. The van der Waals surface area contributed by atoms with Crippen LogP contribution in [0.3, 0.4) is 0 Å². The fourth-order valence-corrected chi connectivity index (χ4v) is 3.07. The highest BCUT2D eigenvalue weighted by molar-refractivity contribution is 5.40. The van der Waals surface area contributed by atoms with Gasteiger partial charge in [-0.15, -0.1) is 0 Å². The van der Waals surface area contributed by atoms with Crippen LogP contribution in [0.15, 0.2) is 48.5 Å². The molecule has 0 fully saturated rings. The predicted octanol–water partition coefficient (Wildman–Crippen LogP) is 5.07. The molecule has 130 valence electrons. The lowest BCUT2D eigenvalue weighted by Crippen LogP contribution is -2.26. The van der Waals surface area contributed by atoms with Gasteiger partial charge in [-0.2, -0.15) is 0 Å². The summed E-state index contributed by atoms with van der Waals surface area (Å²) in [6.07, 6.45) is 5.98. The molecule has 0 aromatic heterocycles. The summed E-state index contributed by atoms with van der Waals surface area (Å²) in [4.78, 5) is 2.55. The second-order valence-corrected chi connectivity index (χ2v) is 6.69. The maximum Gasteiger partial charge on any atom is 0.0316 e. The molecule has 2 nitrogen and oxygen atoms in total. The van der Waals surface area contributed by atoms with Crippen molar-refractivity contribution in [2.45, 2.75) is 52.5 Å². The molecule has 0 unspecified atom stereocenters. The van der Waals surface area contributed by atoms with Crippen molar-refractivity contribution in [3.8, 4) is 0 Å². The lowest BCUT2D eigenvalue weighted by atomic mass is 10.1. The van der Waals surface area contributed by atoms with Crippen molar-refractivity contribution in [2.75, 3.05) is 18.8 Å².